The highest BCUT2D eigenvalue weighted by atomic mass is 32.2. The third-order valence-corrected chi connectivity index (χ3v) is 2.74. The number of carbonyl (C=O) groups is 2. The van der Waals surface area contributed by atoms with Gasteiger partial charge in [0.25, 0.3) is 0 Å². The van der Waals surface area contributed by atoms with Gasteiger partial charge in [0.15, 0.2) is 0 Å². The van der Waals surface area contributed by atoms with Crippen LogP contribution in [0.15, 0.2) is 0 Å². The number of hydrogen-bond donors (Lipinski definition) is 2. The number of nitrogens with zero attached hydrogens (tertiary/aromatic N) is 1. The second kappa shape index (κ2) is 4.48. The molecule has 3 N–H and O–H groups in total. The van der Waals surface area contributed by atoms with Gasteiger partial charge in [0.2, 0.25) is 5.91 Å². The molecule has 0 bridgehead atoms. The SMILES string of the molecule is N[C@H]1CN(CC(=O)O)C(=O)CCS1. The number of thioether (sulfide) groups is 1. The molecule has 5 nitrogen and oxygen atoms in total. The van der Waals surface area contributed by atoms with Crippen molar-refractivity contribution in [3.8, 4) is 0 Å². The van der Waals surface area contributed by atoms with Crippen molar-refractivity contribution in [2.24, 2.45) is 5.73 Å². The molecule has 74 valence electrons. The molecule has 0 aromatic heterocycles. The van der Waals surface area contributed by atoms with Crippen molar-refractivity contribution < 1.29 is 14.7 Å². The lowest BCUT2D eigenvalue weighted by Crippen LogP contribution is -2.40. The minimum absolute atomic E-state index is 0.122. The molecule has 0 saturated carbocycles. The Hall–Kier alpha value is -0.750. The highest BCUT2D eigenvalue weighted by molar-refractivity contribution is 7.99. The van der Waals surface area contributed by atoms with E-state index in [0.29, 0.717) is 18.7 Å². The number of hydrogen-bond acceptors (Lipinski definition) is 4. The highest BCUT2D eigenvalue weighted by Gasteiger charge is 2.22. The standard InChI is InChI=1S/C7H12N2O3S/c8-5-3-9(4-7(11)12)6(10)1-2-13-5/h5H,1-4,8H2,(H,11,12)/t5-/m1/s1. The molecule has 1 aliphatic rings. The summed E-state index contributed by atoms with van der Waals surface area (Å²) >= 11 is 1.50. The van der Waals surface area contributed by atoms with Crippen LogP contribution in [-0.4, -0.2) is 46.1 Å². The van der Waals surface area contributed by atoms with Crippen molar-refractivity contribution in [3.63, 3.8) is 0 Å². The van der Waals surface area contributed by atoms with Gasteiger partial charge in [0.05, 0.1) is 5.37 Å². The molecular formula is C7H12N2O3S. The smallest absolute Gasteiger partial charge is 0.323 e. The zero-order valence-electron chi connectivity index (χ0n) is 7.10. The number of nitrogens with two attached hydrogens (primary N) is 1. The van der Waals surface area contributed by atoms with Crippen LogP contribution < -0.4 is 5.73 Å². The fraction of sp³-hybridized carbons (Fsp3) is 0.714. The van der Waals surface area contributed by atoms with Crippen molar-refractivity contribution in [3.05, 3.63) is 0 Å². The van der Waals surface area contributed by atoms with Crippen LogP contribution in [0.3, 0.4) is 0 Å². The minimum Gasteiger partial charge on any atom is -0.480 e. The molecule has 0 aliphatic carbocycles. The van der Waals surface area contributed by atoms with Crippen molar-refractivity contribution in [2.45, 2.75) is 11.8 Å². The molecule has 1 aliphatic heterocycles. The lowest BCUT2D eigenvalue weighted by molar-refractivity contribution is -0.144. The van der Waals surface area contributed by atoms with Crippen LogP contribution in [-0.2, 0) is 9.59 Å². The molecule has 13 heavy (non-hydrogen) atoms. The summed E-state index contributed by atoms with van der Waals surface area (Å²) in [6.45, 7) is 0.0862. The van der Waals surface area contributed by atoms with Crippen LogP contribution in [0.2, 0.25) is 0 Å². The van der Waals surface area contributed by atoms with E-state index in [-0.39, 0.29) is 17.8 Å². The number of aliphatic carboxylic acids is 1. The van der Waals surface area contributed by atoms with Crippen LogP contribution in [0.5, 0.6) is 0 Å². The molecule has 0 aromatic rings. The number of carboxylic acids is 1. The largest absolute Gasteiger partial charge is 0.480 e. The molecule has 1 atom stereocenters. The topological polar surface area (TPSA) is 83.6 Å². The first-order valence-electron chi connectivity index (χ1n) is 3.96. The van der Waals surface area contributed by atoms with Gasteiger partial charge in [-0.1, -0.05) is 0 Å². The molecule has 0 unspecified atom stereocenters. The predicted octanol–water partition coefficient (Wildman–Crippen LogP) is -0.679. The van der Waals surface area contributed by atoms with E-state index in [1.54, 1.807) is 0 Å². The third-order valence-electron chi connectivity index (χ3n) is 1.73. The molecule has 1 rings (SSSR count). The monoisotopic (exact) mass is 204 g/mol. The van der Waals surface area contributed by atoms with Crippen LogP contribution in [0.4, 0.5) is 0 Å². The molecule has 1 saturated heterocycles. The Balaban J connectivity index is 2.56. The maximum Gasteiger partial charge on any atom is 0.323 e. The van der Waals surface area contributed by atoms with Gasteiger partial charge in [-0.3, -0.25) is 9.59 Å². The van der Waals surface area contributed by atoms with Gasteiger partial charge in [0.1, 0.15) is 6.54 Å². The summed E-state index contributed by atoms with van der Waals surface area (Å²) in [7, 11) is 0. The molecule has 0 aromatic carbocycles. The van der Waals surface area contributed by atoms with Crippen molar-refractivity contribution >= 4 is 23.6 Å². The number of amides is 1. The molecule has 1 heterocycles. The van der Waals surface area contributed by atoms with Crippen molar-refractivity contribution in [2.75, 3.05) is 18.8 Å². The summed E-state index contributed by atoms with van der Waals surface area (Å²) in [5.74, 6) is -0.439. The highest BCUT2D eigenvalue weighted by Crippen LogP contribution is 2.14. The zero-order valence-corrected chi connectivity index (χ0v) is 7.92. The Morgan fingerprint density at radius 3 is 3.08 bits per heavy atom. The van der Waals surface area contributed by atoms with Crippen molar-refractivity contribution in [1.29, 1.82) is 0 Å². The number of rotatable bonds is 2. The Bertz CT molecular complexity index is 222. The normalized spacial score (nSPS) is 24.2. The summed E-state index contributed by atoms with van der Waals surface area (Å²) < 4.78 is 0. The van der Waals surface area contributed by atoms with Crippen LogP contribution in [0.25, 0.3) is 0 Å². The first-order valence-corrected chi connectivity index (χ1v) is 5.01. The Morgan fingerprint density at radius 1 is 1.77 bits per heavy atom. The van der Waals surface area contributed by atoms with Crippen LogP contribution in [0.1, 0.15) is 6.42 Å². The zero-order chi connectivity index (χ0) is 9.84. The summed E-state index contributed by atoms with van der Waals surface area (Å²) in [6, 6.07) is 0. The summed E-state index contributed by atoms with van der Waals surface area (Å²) in [6.07, 6.45) is 0.381. The van der Waals surface area contributed by atoms with E-state index in [4.69, 9.17) is 10.8 Å². The molecule has 1 fully saturated rings. The quantitative estimate of drug-likeness (QED) is 0.622. The second-order valence-corrected chi connectivity index (χ2v) is 4.17. The minimum atomic E-state index is -0.993. The maximum absolute atomic E-state index is 11.3. The van der Waals surface area contributed by atoms with E-state index in [0.717, 1.165) is 0 Å². The van der Waals surface area contributed by atoms with Crippen molar-refractivity contribution in [1.82, 2.24) is 4.90 Å². The van der Waals surface area contributed by atoms with Gasteiger partial charge in [-0.2, -0.15) is 0 Å². The fourth-order valence-electron chi connectivity index (χ4n) is 1.14. The third kappa shape index (κ3) is 3.23. The van der Waals surface area contributed by atoms with Gasteiger partial charge < -0.3 is 15.7 Å². The van der Waals surface area contributed by atoms with E-state index < -0.39 is 5.97 Å². The Morgan fingerprint density at radius 2 is 2.46 bits per heavy atom. The van der Waals surface area contributed by atoms with Gasteiger partial charge in [0, 0.05) is 18.7 Å². The lowest BCUT2D eigenvalue weighted by atomic mass is 10.3. The number of carbonyl (C=O) groups excluding carboxylic acids is 1. The summed E-state index contributed by atoms with van der Waals surface area (Å²) in [4.78, 5) is 23.0. The van der Waals surface area contributed by atoms with E-state index in [1.807, 2.05) is 0 Å². The maximum atomic E-state index is 11.3. The van der Waals surface area contributed by atoms with Gasteiger partial charge >= 0.3 is 5.97 Å². The molecule has 0 spiro atoms. The average molecular weight is 204 g/mol. The predicted molar refractivity (Wildman–Crippen MR) is 49.3 cm³/mol. The van der Waals surface area contributed by atoms with Crippen LogP contribution >= 0.6 is 11.8 Å². The average Bonchev–Trinajstić information content (AvgIpc) is 2.14. The summed E-state index contributed by atoms with van der Waals surface area (Å²) in [5.41, 5.74) is 5.64. The Kier molecular flexibility index (Phi) is 3.56. The second-order valence-electron chi connectivity index (χ2n) is 2.83. The fourth-order valence-corrected chi connectivity index (χ4v) is 2.02. The van der Waals surface area contributed by atoms with Crippen LogP contribution in [0, 0.1) is 0 Å². The van der Waals surface area contributed by atoms with E-state index in [9.17, 15) is 9.59 Å². The lowest BCUT2D eigenvalue weighted by Gasteiger charge is -2.19. The van der Waals surface area contributed by atoms with Gasteiger partial charge in [-0.05, 0) is 0 Å². The van der Waals surface area contributed by atoms with Gasteiger partial charge in [-0.15, -0.1) is 11.8 Å². The molecule has 0 radical (unpaired) electrons. The molecule has 1 amide bonds. The first kappa shape index (κ1) is 10.3. The van der Waals surface area contributed by atoms with E-state index >= 15 is 0 Å². The Labute approximate surface area is 80.3 Å². The van der Waals surface area contributed by atoms with Gasteiger partial charge in [-0.25, -0.2) is 0 Å². The van der Waals surface area contributed by atoms with E-state index in [1.165, 1.54) is 16.7 Å². The summed E-state index contributed by atoms with van der Waals surface area (Å²) in [5, 5.41) is 8.36. The number of carboxylic acid groups (broad SMARTS) is 1. The first-order chi connectivity index (χ1) is 6.09. The molecule has 6 heteroatoms. The van der Waals surface area contributed by atoms with E-state index in [2.05, 4.69) is 0 Å². The molecular weight excluding hydrogens is 192 g/mol.